The molecule has 0 spiro atoms. The Bertz CT molecular complexity index is 64.5. The van der Waals surface area contributed by atoms with Gasteiger partial charge in [0.25, 0.3) is 0 Å². The second kappa shape index (κ2) is 14.7. The first-order valence-electron chi connectivity index (χ1n) is 4.89. The molecule has 0 atom stereocenters. The molecule has 0 saturated carbocycles. The lowest BCUT2D eigenvalue weighted by molar-refractivity contribution is 0.534. The fourth-order valence-electron chi connectivity index (χ4n) is 0.948. The number of piperazine rings is 1. The maximum Gasteiger partial charge on any atom is 0.0223 e. The minimum absolute atomic E-state index is 0. The van der Waals surface area contributed by atoms with Crippen LogP contribution in [-0.2, 0) is 0 Å². The summed E-state index contributed by atoms with van der Waals surface area (Å²) in [4.78, 5) is 0. The van der Waals surface area contributed by atoms with E-state index in [9.17, 15) is 0 Å². The van der Waals surface area contributed by atoms with Crippen molar-refractivity contribution in [1.82, 2.24) is 10.6 Å². The predicted octanol–water partition coefficient (Wildman–Crippen LogP) is 0.770. The number of hydrogen-bond donors (Lipinski definition) is 2. The average molecular weight is 211 g/mol. The van der Waals surface area contributed by atoms with Crippen LogP contribution in [0.5, 0.6) is 0 Å². The molecule has 0 aliphatic carbocycles. The molecule has 0 aromatic carbocycles. The fourth-order valence-corrected chi connectivity index (χ4v) is 1.14. The Kier molecular flexibility index (Phi) is 17.7. The summed E-state index contributed by atoms with van der Waals surface area (Å²) >= 11 is 5.38. The zero-order valence-corrected chi connectivity index (χ0v) is 9.29. The first kappa shape index (κ1) is 15.6. The van der Waals surface area contributed by atoms with Gasteiger partial charge in [0.1, 0.15) is 0 Å². The fraction of sp³-hybridized carbons (Fsp3) is 1.00. The van der Waals surface area contributed by atoms with Crippen LogP contribution in [0, 0.1) is 0 Å². The third-order valence-electron chi connectivity index (χ3n) is 1.69. The molecule has 0 aromatic heterocycles. The van der Waals surface area contributed by atoms with E-state index in [1.54, 1.807) is 0 Å². The topological polar surface area (TPSA) is 55.6 Å². The van der Waals surface area contributed by atoms with E-state index in [-0.39, 0.29) is 5.48 Å². The van der Waals surface area contributed by atoms with Crippen molar-refractivity contribution in [3.63, 3.8) is 0 Å². The van der Waals surface area contributed by atoms with Crippen LogP contribution in [0.15, 0.2) is 0 Å². The van der Waals surface area contributed by atoms with E-state index in [0.29, 0.717) is 0 Å². The summed E-state index contributed by atoms with van der Waals surface area (Å²) in [5.41, 5.74) is 0. The highest BCUT2D eigenvalue weighted by Crippen LogP contribution is 1.93. The molecule has 82 valence electrons. The molecule has 0 unspecified atom stereocenters. The Morgan fingerprint density at radius 2 is 1.46 bits per heavy atom. The molecule has 4 N–H and O–H groups in total. The van der Waals surface area contributed by atoms with Crippen LogP contribution in [0.2, 0.25) is 0 Å². The van der Waals surface area contributed by atoms with Gasteiger partial charge in [0.15, 0.2) is 0 Å². The van der Waals surface area contributed by atoms with Gasteiger partial charge in [-0.1, -0.05) is 19.8 Å². The van der Waals surface area contributed by atoms with E-state index in [1.807, 2.05) is 0 Å². The number of hydrogen-bond acceptors (Lipinski definition) is 2. The highest BCUT2D eigenvalue weighted by atomic mass is 35.5. The predicted molar refractivity (Wildman–Crippen MR) is 59.6 cm³/mol. The summed E-state index contributed by atoms with van der Waals surface area (Å²) in [5, 5.41) is 6.44. The number of nitrogens with one attached hydrogen (secondary N) is 2. The highest BCUT2D eigenvalue weighted by Gasteiger charge is 1.91. The number of halogens is 1. The Balaban J connectivity index is 0. The van der Waals surface area contributed by atoms with E-state index < -0.39 is 0 Å². The summed E-state index contributed by atoms with van der Waals surface area (Å²) in [6.45, 7) is 6.73. The monoisotopic (exact) mass is 210 g/mol. The van der Waals surface area contributed by atoms with Gasteiger partial charge in [-0.3, -0.25) is 0 Å². The molecule has 1 saturated heterocycles. The van der Waals surface area contributed by atoms with Crippen molar-refractivity contribution >= 4 is 11.6 Å². The molecular weight excluding hydrogens is 188 g/mol. The average Bonchev–Trinajstić information content (AvgIpc) is 2.18. The van der Waals surface area contributed by atoms with E-state index >= 15 is 0 Å². The molecule has 4 heteroatoms. The van der Waals surface area contributed by atoms with Gasteiger partial charge in [-0.25, -0.2) is 0 Å². The van der Waals surface area contributed by atoms with Crippen molar-refractivity contribution in [3.05, 3.63) is 0 Å². The van der Waals surface area contributed by atoms with Crippen LogP contribution < -0.4 is 10.6 Å². The number of unbranched alkanes of at least 4 members (excludes halogenated alkanes) is 2. The van der Waals surface area contributed by atoms with E-state index in [1.165, 1.54) is 19.3 Å². The first-order chi connectivity index (χ1) is 5.91. The molecule has 1 aliphatic rings. The van der Waals surface area contributed by atoms with Gasteiger partial charge in [0, 0.05) is 32.1 Å². The standard InChI is InChI=1S/C5H11Cl.C4H10N2.H2O/c1-2-3-4-5-6;1-2-6-4-3-5-1;/h2-5H2,1H3;5-6H,1-4H2;1H2. The number of alkyl halides is 1. The van der Waals surface area contributed by atoms with Crippen molar-refractivity contribution in [1.29, 1.82) is 0 Å². The van der Waals surface area contributed by atoms with Gasteiger partial charge in [0.2, 0.25) is 0 Å². The minimum atomic E-state index is 0. The molecule has 3 nitrogen and oxygen atoms in total. The van der Waals surface area contributed by atoms with Gasteiger partial charge in [-0.05, 0) is 6.42 Å². The molecule has 1 rings (SSSR count). The summed E-state index contributed by atoms with van der Waals surface area (Å²) in [6, 6.07) is 0. The maximum absolute atomic E-state index is 5.38. The first-order valence-corrected chi connectivity index (χ1v) is 5.42. The van der Waals surface area contributed by atoms with Crippen molar-refractivity contribution < 1.29 is 5.48 Å². The van der Waals surface area contributed by atoms with Crippen molar-refractivity contribution in [2.45, 2.75) is 26.2 Å². The molecule has 0 bridgehead atoms. The maximum atomic E-state index is 5.38. The normalized spacial score (nSPS) is 15.2. The third kappa shape index (κ3) is 15.0. The van der Waals surface area contributed by atoms with Gasteiger partial charge in [-0.2, -0.15) is 0 Å². The van der Waals surface area contributed by atoms with Crippen molar-refractivity contribution in [2.75, 3.05) is 32.1 Å². The molecule has 1 aliphatic heterocycles. The zero-order valence-electron chi connectivity index (χ0n) is 8.53. The lowest BCUT2D eigenvalue weighted by Gasteiger charge is -2.11. The van der Waals surface area contributed by atoms with Crippen molar-refractivity contribution in [2.24, 2.45) is 0 Å². The Labute approximate surface area is 86.5 Å². The van der Waals surface area contributed by atoms with Crippen LogP contribution in [0.1, 0.15) is 26.2 Å². The van der Waals surface area contributed by atoms with Crippen LogP contribution >= 0.6 is 11.6 Å². The number of rotatable bonds is 3. The van der Waals surface area contributed by atoms with Crippen LogP contribution in [-0.4, -0.2) is 37.5 Å². The van der Waals surface area contributed by atoms with Crippen LogP contribution in [0.25, 0.3) is 0 Å². The Morgan fingerprint density at radius 1 is 1.00 bits per heavy atom. The second-order valence-corrected chi connectivity index (χ2v) is 3.27. The molecule has 0 radical (unpaired) electrons. The molecular formula is C9H23ClN2O. The summed E-state index contributed by atoms with van der Waals surface area (Å²) < 4.78 is 0. The molecule has 1 fully saturated rings. The molecule has 0 aromatic rings. The Morgan fingerprint density at radius 3 is 1.62 bits per heavy atom. The molecule has 13 heavy (non-hydrogen) atoms. The molecule has 0 amide bonds. The van der Waals surface area contributed by atoms with E-state index in [0.717, 1.165) is 32.1 Å². The quantitative estimate of drug-likeness (QED) is 0.534. The smallest absolute Gasteiger partial charge is 0.0223 e. The van der Waals surface area contributed by atoms with E-state index in [4.69, 9.17) is 11.6 Å². The lowest BCUT2D eigenvalue weighted by Crippen LogP contribution is -2.39. The molecule has 1 heterocycles. The second-order valence-electron chi connectivity index (χ2n) is 2.90. The summed E-state index contributed by atoms with van der Waals surface area (Å²) in [7, 11) is 0. The SMILES string of the molecule is C1CNCCN1.CCCCCCl.O. The highest BCUT2D eigenvalue weighted by molar-refractivity contribution is 6.17. The Hall–Kier alpha value is 0.170. The van der Waals surface area contributed by atoms with Crippen molar-refractivity contribution in [3.8, 4) is 0 Å². The van der Waals surface area contributed by atoms with Gasteiger partial charge >= 0.3 is 0 Å². The zero-order chi connectivity index (χ0) is 9.07. The van der Waals surface area contributed by atoms with Gasteiger partial charge < -0.3 is 16.1 Å². The van der Waals surface area contributed by atoms with Crippen LogP contribution in [0.4, 0.5) is 0 Å². The largest absolute Gasteiger partial charge is 0.412 e. The summed E-state index contributed by atoms with van der Waals surface area (Å²) in [5.74, 6) is 0.827. The third-order valence-corrected chi connectivity index (χ3v) is 1.96. The summed E-state index contributed by atoms with van der Waals surface area (Å²) in [6.07, 6.45) is 3.73. The van der Waals surface area contributed by atoms with E-state index in [2.05, 4.69) is 17.6 Å². The lowest BCUT2D eigenvalue weighted by atomic mass is 10.3. The minimum Gasteiger partial charge on any atom is -0.412 e. The van der Waals surface area contributed by atoms with Gasteiger partial charge in [0.05, 0.1) is 0 Å². The van der Waals surface area contributed by atoms with Crippen LogP contribution in [0.3, 0.4) is 0 Å². The van der Waals surface area contributed by atoms with Gasteiger partial charge in [-0.15, -0.1) is 11.6 Å².